The van der Waals surface area contributed by atoms with Gasteiger partial charge in [0.1, 0.15) is 5.75 Å². The molecule has 1 aromatic carbocycles. The van der Waals surface area contributed by atoms with Gasteiger partial charge in [-0.3, -0.25) is 0 Å². The summed E-state index contributed by atoms with van der Waals surface area (Å²) in [7, 11) is 1.58. The fourth-order valence-corrected chi connectivity index (χ4v) is 2.81. The molecule has 1 atom stereocenters. The minimum atomic E-state index is -0.506. The summed E-state index contributed by atoms with van der Waals surface area (Å²) in [6, 6.07) is 5.71. The number of nitrogens with one attached hydrogen (secondary N) is 1. The maximum atomic E-state index is 9.64. The van der Waals surface area contributed by atoms with Crippen LogP contribution in [0.2, 0.25) is 5.02 Å². The van der Waals surface area contributed by atoms with Gasteiger partial charge < -0.3 is 19.9 Å². The van der Waals surface area contributed by atoms with Crippen molar-refractivity contribution in [2.75, 3.05) is 20.3 Å². The third-order valence-electron chi connectivity index (χ3n) is 3.67. The van der Waals surface area contributed by atoms with Crippen LogP contribution in [0.5, 0.6) is 5.75 Å². The smallest absolute Gasteiger partial charge is 0.124 e. The number of hydrogen-bond donors (Lipinski definition) is 2. The van der Waals surface area contributed by atoms with Crippen LogP contribution in [0.25, 0.3) is 0 Å². The summed E-state index contributed by atoms with van der Waals surface area (Å²) in [5.41, 5.74) is 1.03. The van der Waals surface area contributed by atoms with Crippen LogP contribution in [-0.2, 0) is 11.3 Å². The number of ether oxygens (including phenoxy) is 2. The second-order valence-corrected chi connectivity index (χ2v) is 5.95. The van der Waals surface area contributed by atoms with Crippen LogP contribution in [0.3, 0.4) is 0 Å². The highest BCUT2D eigenvalue weighted by Crippen LogP contribution is 2.28. The van der Waals surface area contributed by atoms with Gasteiger partial charge in [-0.2, -0.15) is 0 Å². The molecule has 1 aliphatic carbocycles. The first-order valence-corrected chi connectivity index (χ1v) is 7.89. The largest absolute Gasteiger partial charge is 0.490 e. The molecule has 2 rings (SSSR count). The molecular formula is C16H24ClNO3. The maximum absolute atomic E-state index is 9.64. The van der Waals surface area contributed by atoms with E-state index in [4.69, 9.17) is 21.1 Å². The zero-order chi connectivity index (χ0) is 15.1. The highest BCUT2D eigenvalue weighted by molar-refractivity contribution is 6.30. The standard InChI is InChI=1S/C16H24ClNO3/c1-20-11-14(19)10-18-9-12-8-13(17)6-7-16(12)21-15-4-2-3-5-15/h6-8,14-15,18-19H,2-5,9-11H2,1H3. The number of aliphatic hydroxyl groups excluding tert-OH is 1. The summed E-state index contributed by atoms with van der Waals surface area (Å²) in [5.74, 6) is 0.889. The topological polar surface area (TPSA) is 50.7 Å². The zero-order valence-electron chi connectivity index (χ0n) is 12.5. The van der Waals surface area contributed by atoms with E-state index in [9.17, 15) is 5.11 Å². The Bertz CT molecular complexity index is 436. The van der Waals surface area contributed by atoms with Crippen molar-refractivity contribution in [2.45, 2.75) is 44.4 Å². The van der Waals surface area contributed by atoms with Gasteiger partial charge in [0, 0.05) is 30.8 Å². The van der Waals surface area contributed by atoms with Crippen molar-refractivity contribution >= 4 is 11.6 Å². The number of hydrogen-bond acceptors (Lipinski definition) is 4. The molecular weight excluding hydrogens is 290 g/mol. The Kier molecular flexibility index (Phi) is 6.77. The van der Waals surface area contributed by atoms with Gasteiger partial charge in [-0.15, -0.1) is 0 Å². The average molecular weight is 314 g/mol. The van der Waals surface area contributed by atoms with E-state index in [1.165, 1.54) is 12.8 Å². The van der Waals surface area contributed by atoms with E-state index < -0.39 is 6.10 Å². The Morgan fingerprint density at radius 3 is 2.86 bits per heavy atom. The molecule has 1 saturated carbocycles. The molecule has 0 aliphatic heterocycles. The fraction of sp³-hybridized carbons (Fsp3) is 0.625. The first kappa shape index (κ1) is 16.6. The van der Waals surface area contributed by atoms with Gasteiger partial charge in [-0.1, -0.05) is 11.6 Å². The van der Waals surface area contributed by atoms with E-state index >= 15 is 0 Å². The Labute approximate surface area is 131 Å². The van der Waals surface area contributed by atoms with E-state index in [1.807, 2.05) is 18.2 Å². The van der Waals surface area contributed by atoms with Crippen LogP contribution < -0.4 is 10.1 Å². The Morgan fingerprint density at radius 1 is 1.38 bits per heavy atom. The molecule has 1 unspecified atom stereocenters. The van der Waals surface area contributed by atoms with E-state index in [1.54, 1.807) is 7.11 Å². The summed E-state index contributed by atoms with van der Waals surface area (Å²) in [6.07, 6.45) is 4.56. The molecule has 0 radical (unpaired) electrons. The molecule has 1 fully saturated rings. The quantitative estimate of drug-likeness (QED) is 0.775. The number of halogens is 1. The monoisotopic (exact) mass is 313 g/mol. The molecule has 1 aliphatic rings. The highest BCUT2D eigenvalue weighted by atomic mass is 35.5. The molecule has 0 amide bonds. The third kappa shape index (κ3) is 5.47. The molecule has 0 aromatic heterocycles. The molecule has 118 valence electrons. The summed E-state index contributed by atoms with van der Waals surface area (Å²) < 4.78 is 11.0. The van der Waals surface area contributed by atoms with Crippen LogP contribution in [0, 0.1) is 0 Å². The summed E-state index contributed by atoms with van der Waals surface area (Å²) in [6.45, 7) is 1.42. The SMILES string of the molecule is COCC(O)CNCc1cc(Cl)ccc1OC1CCCC1. The van der Waals surface area contributed by atoms with Gasteiger partial charge in [0.15, 0.2) is 0 Å². The minimum absolute atomic E-state index is 0.323. The van der Waals surface area contributed by atoms with Gasteiger partial charge in [-0.05, 0) is 43.9 Å². The number of methoxy groups -OCH3 is 1. The molecule has 0 bridgehead atoms. The molecule has 4 nitrogen and oxygen atoms in total. The maximum Gasteiger partial charge on any atom is 0.124 e. The first-order chi connectivity index (χ1) is 10.2. The number of benzene rings is 1. The molecule has 2 N–H and O–H groups in total. The van der Waals surface area contributed by atoms with Crippen LogP contribution in [-0.4, -0.2) is 37.6 Å². The molecule has 1 aromatic rings. The average Bonchev–Trinajstić information content (AvgIpc) is 2.95. The Morgan fingerprint density at radius 2 is 2.14 bits per heavy atom. The Balaban J connectivity index is 1.91. The van der Waals surface area contributed by atoms with Gasteiger partial charge in [-0.25, -0.2) is 0 Å². The van der Waals surface area contributed by atoms with Crippen molar-refractivity contribution in [2.24, 2.45) is 0 Å². The predicted octanol–water partition coefficient (Wildman–Crippen LogP) is 2.76. The lowest BCUT2D eigenvalue weighted by molar-refractivity contribution is 0.0643. The lowest BCUT2D eigenvalue weighted by atomic mass is 10.2. The molecule has 0 spiro atoms. The third-order valence-corrected chi connectivity index (χ3v) is 3.91. The van der Waals surface area contributed by atoms with E-state index in [0.29, 0.717) is 30.8 Å². The summed E-state index contributed by atoms with van der Waals surface area (Å²) in [5, 5.41) is 13.5. The van der Waals surface area contributed by atoms with Crippen LogP contribution in [0.15, 0.2) is 18.2 Å². The van der Waals surface area contributed by atoms with Crippen molar-refractivity contribution in [1.82, 2.24) is 5.32 Å². The fourth-order valence-electron chi connectivity index (χ4n) is 2.61. The lowest BCUT2D eigenvalue weighted by Gasteiger charge is -2.18. The van der Waals surface area contributed by atoms with Gasteiger partial charge in [0.2, 0.25) is 0 Å². The van der Waals surface area contributed by atoms with Crippen LogP contribution in [0.1, 0.15) is 31.2 Å². The number of rotatable bonds is 8. The number of aliphatic hydroxyl groups is 1. The lowest BCUT2D eigenvalue weighted by Crippen LogP contribution is -2.29. The molecule has 5 heteroatoms. The van der Waals surface area contributed by atoms with Crippen molar-refractivity contribution < 1.29 is 14.6 Å². The zero-order valence-corrected chi connectivity index (χ0v) is 13.2. The minimum Gasteiger partial charge on any atom is -0.490 e. The highest BCUT2D eigenvalue weighted by Gasteiger charge is 2.18. The normalized spacial score (nSPS) is 17.1. The van der Waals surface area contributed by atoms with Crippen molar-refractivity contribution in [1.29, 1.82) is 0 Å². The van der Waals surface area contributed by atoms with E-state index in [-0.39, 0.29) is 0 Å². The van der Waals surface area contributed by atoms with Crippen molar-refractivity contribution in [3.8, 4) is 5.75 Å². The second kappa shape index (κ2) is 8.59. The van der Waals surface area contributed by atoms with Gasteiger partial charge >= 0.3 is 0 Å². The predicted molar refractivity (Wildman–Crippen MR) is 83.9 cm³/mol. The van der Waals surface area contributed by atoms with E-state index in [0.717, 1.165) is 24.2 Å². The van der Waals surface area contributed by atoms with Gasteiger partial charge in [0.05, 0.1) is 18.8 Å². The van der Waals surface area contributed by atoms with Crippen molar-refractivity contribution in [3.63, 3.8) is 0 Å². The van der Waals surface area contributed by atoms with Crippen LogP contribution >= 0.6 is 11.6 Å². The Hall–Kier alpha value is -0.810. The van der Waals surface area contributed by atoms with Crippen molar-refractivity contribution in [3.05, 3.63) is 28.8 Å². The molecule has 0 heterocycles. The van der Waals surface area contributed by atoms with E-state index in [2.05, 4.69) is 5.32 Å². The van der Waals surface area contributed by atoms with Gasteiger partial charge in [0.25, 0.3) is 0 Å². The second-order valence-electron chi connectivity index (χ2n) is 5.52. The summed E-state index contributed by atoms with van der Waals surface area (Å²) in [4.78, 5) is 0. The van der Waals surface area contributed by atoms with Crippen LogP contribution in [0.4, 0.5) is 0 Å². The molecule has 21 heavy (non-hydrogen) atoms. The first-order valence-electron chi connectivity index (χ1n) is 7.52. The molecule has 0 saturated heterocycles. The summed E-state index contributed by atoms with van der Waals surface area (Å²) >= 11 is 6.07.